The van der Waals surface area contributed by atoms with Crippen molar-refractivity contribution in [3.8, 4) is 11.5 Å². The van der Waals surface area contributed by atoms with Crippen molar-refractivity contribution < 1.29 is 41.0 Å². The van der Waals surface area contributed by atoms with Crippen LogP contribution in [0, 0.1) is 0 Å². The molecule has 0 heterocycles. The molecular weight excluding hydrogens is 489 g/mol. The van der Waals surface area contributed by atoms with Crippen molar-refractivity contribution in [1.29, 1.82) is 0 Å². The Labute approximate surface area is 199 Å². The molecule has 0 spiro atoms. The fourth-order valence-corrected chi connectivity index (χ4v) is 4.22. The highest BCUT2D eigenvalue weighted by atomic mass is 32.2. The number of nitrogens with one attached hydrogen (secondary N) is 2. The Kier molecular flexibility index (Phi) is 7.87. The average Bonchev–Trinajstić information content (AvgIpc) is 2.78. The molecule has 0 radical (unpaired) electrons. The molecule has 35 heavy (non-hydrogen) atoms. The molecule has 3 rings (SSSR count). The molecule has 0 aliphatic rings. The molecular formula is C23H21F3N2O6S. The van der Waals surface area contributed by atoms with Gasteiger partial charge in [-0.15, -0.1) is 13.2 Å². The summed E-state index contributed by atoms with van der Waals surface area (Å²) in [7, 11) is -4.31. The molecule has 0 aliphatic heterocycles. The van der Waals surface area contributed by atoms with Crippen molar-refractivity contribution in [3.05, 3.63) is 78.4 Å². The fourth-order valence-electron chi connectivity index (χ4n) is 3.04. The Hall–Kier alpha value is -3.77. The first-order chi connectivity index (χ1) is 16.5. The summed E-state index contributed by atoms with van der Waals surface area (Å²) < 4.78 is 74.7. The van der Waals surface area contributed by atoms with Crippen LogP contribution in [0.15, 0.2) is 77.7 Å². The van der Waals surface area contributed by atoms with Gasteiger partial charge in [0.2, 0.25) is 0 Å². The molecule has 0 aliphatic carbocycles. The van der Waals surface area contributed by atoms with E-state index in [1.807, 2.05) is 0 Å². The first-order valence-electron chi connectivity index (χ1n) is 10.2. The van der Waals surface area contributed by atoms with E-state index < -0.39 is 34.1 Å². The van der Waals surface area contributed by atoms with Crippen molar-refractivity contribution in [2.75, 3.05) is 16.6 Å². The van der Waals surface area contributed by atoms with Crippen molar-refractivity contribution in [1.82, 2.24) is 0 Å². The van der Waals surface area contributed by atoms with Gasteiger partial charge >= 0.3 is 6.36 Å². The van der Waals surface area contributed by atoms with E-state index in [1.165, 1.54) is 24.3 Å². The quantitative estimate of drug-likeness (QED) is 0.392. The van der Waals surface area contributed by atoms with Crippen molar-refractivity contribution in [3.63, 3.8) is 0 Å². The summed E-state index contributed by atoms with van der Waals surface area (Å²) in [5, 5.41) is 12.7. The van der Waals surface area contributed by atoms with E-state index in [9.17, 15) is 31.5 Å². The molecule has 0 saturated heterocycles. The smallest absolute Gasteiger partial charge is 0.492 e. The molecule has 0 bridgehead atoms. The van der Waals surface area contributed by atoms with Gasteiger partial charge in [-0.1, -0.05) is 36.4 Å². The number of anilines is 2. The topological polar surface area (TPSA) is 114 Å². The van der Waals surface area contributed by atoms with Crippen LogP contribution in [0.2, 0.25) is 0 Å². The van der Waals surface area contributed by atoms with Gasteiger partial charge in [0.25, 0.3) is 15.9 Å². The van der Waals surface area contributed by atoms with Gasteiger partial charge in [-0.3, -0.25) is 9.52 Å². The lowest BCUT2D eigenvalue weighted by Crippen LogP contribution is -2.21. The summed E-state index contributed by atoms with van der Waals surface area (Å²) in [6.07, 6.45) is -6.39. The van der Waals surface area contributed by atoms with Crippen LogP contribution in [0.1, 0.15) is 18.6 Å². The predicted octanol–water partition coefficient (Wildman–Crippen LogP) is 4.46. The minimum absolute atomic E-state index is 0.0848. The molecule has 1 unspecified atom stereocenters. The van der Waals surface area contributed by atoms with Crippen LogP contribution in [0.3, 0.4) is 0 Å². The number of benzene rings is 3. The number of amides is 1. The Morgan fingerprint density at radius 3 is 2.37 bits per heavy atom. The number of carbonyl (C=O) groups is 1. The second kappa shape index (κ2) is 10.7. The zero-order valence-corrected chi connectivity index (χ0v) is 19.1. The van der Waals surface area contributed by atoms with E-state index >= 15 is 0 Å². The summed E-state index contributed by atoms with van der Waals surface area (Å²) in [4.78, 5) is 12.1. The highest BCUT2D eigenvalue weighted by molar-refractivity contribution is 7.92. The van der Waals surface area contributed by atoms with Crippen LogP contribution in [-0.4, -0.2) is 32.4 Å². The third-order valence-electron chi connectivity index (χ3n) is 4.48. The van der Waals surface area contributed by atoms with Crippen LogP contribution < -0.4 is 19.5 Å². The normalized spacial score (nSPS) is 12.5. The minimum Gasteiger partial charge on any atom is -0.492 e. The molecule has 8 nitrogen and oxygen atoms in total. The van der Waals surface area contributed by atoms with Gasteiger partial charge in [-0.2, -0.15) is 0 Å². The van der Waals surface area contributed by atoms with Gasteiger partial charge in [0, 0.05) is 17.8 Å². The number of rotatable bonds is 9. The molecule has 1 atom stereocenters. The van der Waals surface area contributed by atoms with Crippen molar-refractivity contribution >= 4 is 27.3 Å². The van der Waals surface area contributed by atoms with Gasteiger partial charge in [0.05, 0.1) is 12.3 Å². The van der Waals surface area contributed by atoms with Crippen molar-refractivity contribution in [2.45, 2.75) is 24.3 Å². The molecule has 3 N–H and O–H groups in total. The number of carbonyl (C=O) groups excluding carboxylic acids is 1. The second-order valence-corrected chi connectivity index (χ2v) is 8.73. The summed E-state index contributed by atoms with van der Waals surface area (Å²) >= 11 is 0. The standard InChI is InChI=1S/C23H21F3N2O6S/c1-2-33-19-14-16(27-22(30)21(29)15-7-4-3-5-8-15)11-12-20(19)35(31,32)28-17-9-6-10-18(13-17)34-23(24,25)26/h3-14,21,28-29H,2H2,1H3,(H,27,30). The summed E-state index contributed by atoms with van der Waals surface area (Å²) in [6.45, 7) is 1.70. The molecule has 0 aromatic heterocycles. The van der Waals surface area contributed by atoms with Crippen LogP contribution in [-0.2, 0) is 14.8 Å². The lowest BCUT2D eigenvalue weighted by molar-refractivity contribution is -0.274. The maximum atomic E-state index is 12.9. The lowest BCUT2D eigenvalue weighted by atomic mass is 10.1. The Morgan fingerprint density at radius 2 is 1.71 bits per heavy atom. The Bertz CT molecular complexity index is 1280. The number of ether oxygens (including phenoxy) is 2. The first-order valence-corrected chi connectivity index (χ1v) is 11.7. The monoisotopic (exact) mass is 510 g/mol. The van der Waals surface area contributed by atoms with Gasteiger partial charge in [0.1, 0.15) is 16.4 Å². The average molecular weight is 510 g/mol. The number of sulfonamides is 1. The molecule has 186 valence electrons. The van der Waals surface area contributed by atoms with Crippen LogP contribution in [0.4, 0.5) is 24.5 Å². The number of hydrogen-bond donors (Lipinski definition) is 3. The van der Waals surface area contributed by atoms with Crippen LogP contribution >= 0.6 is 0 Å². The highest BCUT2D eigenvalue weighted by Gasteiger charge is 2.31. The fraction of sp³-hybridized carbons (Fsp3) is 0.174. The number of halogens is 3. The lowest BCUT2D eigenvalue weighted by Gasteiger charge is -2.16. The van der Waals surface area contributed by atoms with Crippen LogP contribution in [0.5, 0.6) is 11.5 Å². The van der Waals surface area contributed by atoms with Crippen LogP contribution in [0.25, 0.3) is 0 Å². The highest BCUT2D eigenvalue weighted by Crippen LogP contribution is 2.31. The molecule has 1 amide bonds. The molecule has 3 aromatic rings. The summed E-state index contributed by atoms with van der Waals surface area (Å²) in [5.74, 6) is -1.46. The second-order valence-electron chi connectivity index (χ2n) is 7.08. The first kappa shape index (κ1) is 25.8. The molecule has 12 heteroatoms. The zero-order valence-electron chi connectivity index (χ0n) is 18.2. The van der Waals surface area contributed by atoms with Gasteiger partial charge in [0.15, 0.2) is 6.10 Å². The maximum absolute atomic E-state index is 12.9. The van der Waals surface area contributed by atoms with E-state index in [2.05, 4.69) is 14.8 Å². The van der Waals surface area contributed by atoms with E-state index in [-0.39, 0.29) is 28.6 Å². The van der Waals surface area contributed by atoms with E-state index in [0.29, 0.717) is 5.56 Å². The molecule has 0 saturated carbocycles. The zero-order chi connectivity index (χ0) is 25.6. The summed E-state index contributed by atoms with van der Waals surface area (Å²) in [6, 6.07) is 16.3. The third-order valence-corrected chi connectivity index (χ3v) is 5.90. The van der Waals surface area contributed by atoms with E-state index in [0.717, 1.165) is 18.2 Å². The van der Waals surface area contributed by atoms with E-state index in [4.69, 9.17) is 4.74 Å². The largest absolute Gasteiger partial charge is 0.573 e. The van der Waals surface area contributed by atoms with Gasteiger partial charge < -0.3 is 19.9 Å². The molecule has 3 aromatic carbocycles. The van der Waals surface area contributed by atoms with E-state index in [1.54, 1.807) is 37.3 Å². The van der Waals surface area contributed by atoms with Gasteiger partial charge in [-0.25, -0.2) is 8.42 Å². The number of aliphatic hydroxyl groups excluding tert-OH is 1. The number of aliphatic hydroxyl groups is 1. The predicted molar refractivity (Wildman–Crippen MR) is 122 cm³/mol. The number of alkyl halides is 3. The number of hydrogen-bond acceptors (Lipinski definition) is 6. The summed E-state index contributed by atoms with van der Waals surface area (Å²) in [5.41, 5.74) is 0.362. The maximum Gasteiger partial charge on any atom is 0.573 e. The SMILES string of the molecule is CCOc1cc(NC(=O)C(O)c2ccccc2)ccc1S(=O)(=O)Nc1cccc(OC(F)(F)F)c1. The van der Waals surface area contributed by atoms with Gasteiger partial charge in [-0.05, 0) is 36.8 Å². The molecule has 0 fully saturated rings. The minimum atomic E-state index is -4.94. The Balaban J connectivity index is 1.82. The Morgan fingerprint density at radius 1 is 1.00 bits per heavy atom. The third kappa shape index (κ3) is 7.11. The van der Waals surface area contributed by atoms with Crippen molar-refractivity contribution in [2.24, 2.45) is 0 Å².